The molecule has 0 fully saturated rings. The molecule has 3 aromatic heterocycles. The van der Waals surface area contributed by atoms with Crippen LogP contribution in [0.5, 0.6) is 0 Å². The minimum Gasteiger partial charge on any atom is -0.296 e. The molecular formula is C23H15ClN4S. The van der Waals surface area contributed by atoms with Gasteiger partial charge in [0, 0.05) is 21.0 Å². The molecule has 0 unspecified atom stereocenters. The van der Waals surface area contributed by atoms with E-state index in [-0.39, 0.29) is 0 Å². The number of benzene rings is 2. The van der Waals surface area contributed by atoms with Crippen LogP contribution in [0.15, 0.2) is 60.1 Å². The molecule has 0 aliphatic carbocycles. The molecule has 140 valence electrons. The van der Waals surface area contributed by atoms with E-state index in [1.54, 1.807) is 11.3 Å². The molecule has 0 N–H and O–H groups in total. The molecule has 0 saturated heterocycles. The highest BCUT2D eigenvalue weighted by molar-refractivity contribution is 7.13. The van der Waals surface area contributed by atoms with E-state index in [2.05, 4.69) is 51.3 Å². The number of rotatable bonds is 3. The third-order valence-corrected chi connectivity index (χ3v) is 6.29. The van der Waals surface area contributed by atoms with Gasteiger partial charge in [-0.25, -0.2) is 4.98 Å². The van der Waals surface area contributed by atoms with Gasteiger partial charge in [-0.05, 0) is 53.8 Å². The zero-order chi connectivity index (χ0) is 20.0. The number of halogens is 1. The molecule has 3 heterocycles. The van der Waals surface area contributed by atoms with E-state index >= 15 is 0 Å². The Bertz CT molecular complexity index is 1410. The normalized spacial score (nSPS) is 11.2. The molecule has 29 heavy (non-hydrogen) atoms. The average Bonchev–Trinajstić information content (AvgIpc) is 3.37. The van der Waals surface area contributed by atoms with Crippen molar-refractivity contribution in [2.24, 2.45) is 0 Å². The summed E-state index contributed by atoms with van der Waals surface area (Å²) < 4.78 is 2.11. The quantitative estimate of drug-likeness (QED) is 0.346. The highest BCUT2D eigenvalue weighted by Crippen LogP contribution is 2.33. The fourth-order valence-electron chi connectivity index (χ4n) is 3.69. The first-order valence-electron chi connectivity index (χ1n) is 9.13. The van der Waals surface area contributed by atoms with Crippen LogP contribution in [0.4, 0.5) is 0 Å². The molecule has 4 nitrogen and oxygen atoms in total. The summed E-state index contributed by atoms with van der Waals surface area (Å²) in [5.74, 6) is 0.861. The van der Waals surface area contributed by atoms with E-state index < -0.39 is 0 Å². The van der Waals surface area contributed by atoms with Crippen LogP contribution in [0, 0.1) is 18.3 Å². The number of aryl methyl sites for hydroxylation is 1. The van der Waals surface area contributed by atoms with Crippen LogP contribution in [-0.2, 0) is 6.42 Å². The molecule has 6 heteroatoms. The van der Waals surface area contributed by atoms with Gasteiger partial charge in [-0.15, -0.1) is 11.3 Å². The lowest BCUT2D eigenvalue weighted by atomic mass is 10.1. The number of thiophene rings is 1. The van der Waals surface area contributed by atoms with Gasteiger partial charge in [0.05, 0.1) is 29.7 Å². The first kappa shape index (κ1) is 17.9. The number of nitrogens with zero attached hydrogens (tertiary/aromatic N) is 4. The van der Waals surface area contributed by atoms with Gasteiger partial charge in [0.25, 0.3) is 0 Å². The van der Waals surface area contributed by atoms with Crippen LogP contribution in [0.25, 0.3) is 38.1 Å². The molecule has 0 atom stereocenters. The van der Waals surface area contributed by atoms with Gasteiger partial charge in [0.1, 0.15) is 11.3 Å². The zero-order valence-corrected chi connectivity index (χ0v) is 17.1. The Kier molecular flexibility index (Phi) is 4.31. The Hall–Kier alpha value is -3.20. The summed E-state index contributed by atoms with van der Waals surface area (Å²) in [5.41, 5.74) is 5.68. The highest BCUT2D eigenvalue weighted by atomic mass is 35.5. The molecule has 2 aromatic carbocycles. The van der Waals surface area contributed by atoms with Crippen LogP contribution >= 0.6 is 22.9 Å². The molecule has 0 saturated carbocycles. The third-order valence-electron chi connectivity index (χ3n) is 5.02. The Morgan fingerprint density at radius 3 is 2.79 bits per heavy atom. The molecule has 0 aliphatic heterocycles. The third kappa shape index (κ3) is 2.98. The molecule has 0 aliphatic rings. The van der Waals surface area contributed by atoms with Crippen molar-refractivity contribution in [2.45, 2.75) is 13.3 Å². The van der Waals surface area contributed by atoms with E-state index in [9.17, 15) is 0 Å². The SMILES string of the molecule is Cc1nc2cnc3ccc(-c4cccs4)cc3c2n1-c1ccc(CC#N)c(Cl)c1. The fourth-order valence-corrected chi connectivity index (χ4v) is 4.65. The van der Waals surface area contributed by atoms with Gasteiger partial charge in [0.2, 0.25) is 0 Å². The Balaban J connectivity index is 1.79. The number of imidazole rings is 1. The van der Waals surface area contributed by atoms with Crippen molar-refractivity contribution in [3.05, 3.63) is 76.5 Å². The van der Waals surface area contributed by atoms with Gasteiger partial charge in [-0.1, -0.05) is 29.8 Å². The van der Waals surface area contributed by atoms with Gasteiger partial charge >= 0.3 is 0 Å². The summed E-state index contributed by atoms with van der Waals surface area (Å²) in [5, 5.41) is 12.7. The van der Waals surface area contributed by atoms with Gasteiger partial charge < -0.3 is 0 Å². The highest BCUT2D eigenvalue weighted by Gasteiger charge is 2.15. The van der Waals surface area contributed by atoms with Crippen LogP contribution in [0.1, 0.15) is 11.4 Å². The van der Waals surface area contributed by atoms with E-state index in [1.807, 2.05) is 31.3 Å². The van der Waals surface area contributed by atoms with Crippen LogP contribution in [0.2, 0.25) is 5.02 Å². The molecule has 0 spiro atoms. The van der Waals surface area contributed by atoms with Crippen molar-refractivity contribution in [1.82, 2.24) is 14.5 Å². The summed E-state index contributed by atoms with van der Waals surface area (Å²) in [6, 6.07) is 18.5. The van der Waals surface area contributed by atoms with Crippen molar-refractivity contribution < 1.29 is 0 Å². The second-order valence-corrected chi connectivity index (χ2v) is 8.16. The summed E-state index contributed by atoms with van der Waals surface area (Å²) in [7, 11) is 0. The van der Waals surface area contributed by atoms with Crippen molar-refractivity contribution in [1.29, 1.82) is 5.26 Å². The van der Waals surface area contributed by atoms with E-state index in [4.69, 9.17) is 21.8 Å². The van der Waals surface area contributed by atoms with Crippen LogP contribution < -0.4 is 0 Å². The fraction of sp³-hybridized carbons (Fsp3) is 0.0870. The molecule has 5 rings (SSSR count). The average molecular weight is 415 g/mol. The summed E-state index contributed by atoms with van der Waals surface area (Å²) >= 11 is 8.16. The molecule has 5 aromatic rings. The largest absolute Gasteiger partial charge is 0.296 e. The maximum Gasteiger partial charge on any atom is 0.111 e. The second kappa shape index (κ2) is 7.00. The lowest BCUT2D eigenvalue weighted by Crippen LogP contribution is -1.99. The van der Waals surface area contributed by atoms with Gasteiger partial charge in [0.15, 0.2) is 0 Å². The zero-order valence-electron chi connectivity index (χ0n) is 15.6. The maximum atomic E-state index is 8.98. The standard InChI is InChI=1S/C23H15ClN4S/c1-14-27-21-13-26-20-7-5-16(22-3-2-10-29-22)11-18(20)23(21)28(14)17-6-4-15(8-9-25)19(24)12-17/h2-7,10-13H,8H2,1H3. The van der Waals surface area contributed by atoms with E-state index in [0.29, 0.717) is 11.4 Å². The van der Waals surface area contributed by atoms with Gasteiger partial charge in [-0.3, -0.25) is 9.55 Å². The molecule has 0 radical (unpaired) electrons. The molecule has 0 bridgehead atoms. The Morgan fingerprint density at radius 1 is 1.14 bits per heavy atom. The van der Waals surface area contributed by atoms with Crippen molar-refractivity contribution in [2.75, 3.05) is 0 Å². The minimum atomic E-state index is 0.291. The number of hydrogen-bond acceptors (Lipinski definition) is 4. The Labute approximate surface area is 176 Å². The topological polar surface area (TPSA) is 54.5 Å². The Morgan fingerprint density at radius 2 is 2.03 bits per heavy atom. The van der Waals surface area contributed by atoms with Crippen molar-refractivity contribution in [3.63, 3.8) is 0 Å². The summed E-state index contributed by atoms with van der Waals surface area (Å²) in [4.78, 5) is 10.5. The monoisotopic (exact) mass is 414 g/mol. The number of aromatic nitrogens is 3. The number of fused-ring (bicyclic) bond motifs is 3. The van der Waals surface area contributed by atoms with Crippen molar-refractivity contribution in [3.8, 4) is 22.2 Å². The lowest BCUT2D eigenvalue weighted by molar-refractivity contribution is 1.00. The maximum absolute atomic E-state index is 8.98. The van der Waals surface area contributed by atoms with E-state index in [0.717, 1.165) is 44.6 Å². The smallest absolute Gasteiger partial charge is 0.111 e. The van der Waals surface area contributed by atoms with Crippen molar-refractivity contribution >= 4 is 44.9 Å². The first-order chi connectivity index (χ1) is 14.2. The summed E-state index contributed by atoms with van der Waals surface area (Å²) in [6.45, 7) is 1.98. The number of nitriles is 1. The number of pyridine rings is 1. The summed E-state index contributed by atoms with van der Waals surface area (Å²) in [6.07, 6.45) is 2.11. The predicted octanol–water partition coefficient (Wildman–Crippen LogP) is 6.33. The first-order valence-corrected chi connectivity index (χ1v) is 10.4. The predicted molar refractivity (Wildman–Crippen MR) is 119 cm³/mol. The van der Waals surface area contributed by atoms with Crippen LogP contribution in [-0.4, -0.2) is 14.5 Å². The lowest BCUT2D eigenvalue weighted by Gasteiger charge is -2.11. The van der Waals surface area contributed by atoms with E-state index in [1.165, 1.54) is 4.88 Å². The molecule has 0 amide bonds. The number of hydrogen-bond donors (Lipinski definition) is 0. The second-order valence-electron chi connectivity index (χ2n) is 6.81. The minimum absolute atomic E-state index is 0.291. The van der Waals surface area contributed by atoms with Gasteiger partial charge in [-0.2, -0.15) is 5.26 Å². The van der Waals surface area contributed by atoms with Crippen LogP contribution in [0.3, 0.4) is 0 Å². The molecular weight excluding hydrogens is 400 g/mol.